The fourth-order valence-corrected chi connectivity index (χ4v) is 2.98. The van der Waals surface area contributed by atoms with E-state index in [0.717, 1.165) is 31.3 Å². The zero-order valence-electron chi connectivity index (χ0n) is 10.7. The number of hydrogen-bond donors (Lipinski definition) is 2. The number of anilines is 1. The fraction of sp³-hybridized carbons (Fsp3) is 0. The lowest BCUT2D eigenvalue weighted by molar-refractivity contribution is 1.10. The standard InChI is InChI=1S/C15H10Br2ClN3/c16-10-3-1-2-8(6-10)13-14(20-21-15(13)19)9-4-5-11(17)12(18)7-9/h1-7H,(H3,19,20,21). The van der Waals surface area contributed by atoms with Crippen LogP contribution in [0.15, 0.2) is 51.4 Å². The Hall–Kier alpha value is -1.30. The summed E-state index contributed by atoms with van der Waals surface area (Å²) < 4.78 is 1.84. The molecule has 1 aromatic heterocycles. The van der Waals surface area contributed by atoms with E-state index in [1.807, 2.05) is 42.5 Å². The van der Waals surface area contributed by atoms with Gasteiger partial charge >= 0.3 is 0 Å². The third-order valence-corrected chi connectivity index (χ3v) is 4.84. The van der Waals surface area contributed by atoms with Crippen molar-refractivity contribution < 1.29 is 0 Å². The first-order chi connectivity index (χ1) is 10.1. The maximum atomic E-state index is 6.17. The van der Waals surface area contributed by atoms with Gasteiger partial charge in [0.05, 0.1) is 16.3 Å². The Bertz CT molecular complexity index is 814. The molecule has 0 atom stereocenters. The molecular formula is C15H10Br2ClN3. The van der Waals surface area contributed by atoms with E-state index in [1.165, 1.54) is 0 Å². The number of halogens is 3. The zero-order chi connectivity index (χ0) is 15.0. The monoisotopic (exact) mass is 425 g/mol. The second-order valence-corrected chi connectivity index (χ2v) is 6.68. The van der Waals surface area contributed by atoms with Crippen molar-refractivity contribution in [1.29, 1.82) is 0 Å². The first kappa shape index (κ1) is 14.6. The van der Waals surface area contributed by atoms with Crippen LogP contribution in [0.5, 0.6) is 0 Å². The average molecular weight is 428 g/mol. The highest BCUT2D eigenvalue weighted by molar-refractivity contribution is 9.10. The minimum absolute atomic E-state index is 0.460. The number of aromatic amines is 1. The molecule has 3 aromatic rings. The highest BCUT2D eigenvalue weighted by Gasteiger charge is 2.15. The van der Waals surface area contributed by atoms with Crippen molar-refractivity contribution in [2.45, 2.75) is 0 Å². The Morgan fingerprint density at radius 1 is 1.05 bits per heavy atom. The van der Waals surface area contributed by atoms with Crippen molar-refractivity contribution in [1.82, 2.24) is 10.2 Å². The number of benzene rings is 2. The normalized spacial score (nSPS) is 10.8. The van der Waals surface area contributed by atoms with Crippen LogP contribution in [0.25, 0.3) is 22.4 Å². The number of nitrogens with two attached hydrogens (primary N) is 1. The van der Waals surface area contributed by atoms with Gasteiger partial charge in [-0.15, -0.1) is 0 Å². The molecule has 0 radical (unpaired) electrons. The van der Waals surface area contributed by atoms with Crippen LogP contribution in [0.4, 0.5) is 5.82 Å². The van der Waals surface area contributed by atoms with Crippen molar-refractivity contribution in [2.75, 3.05) is 5.73 Å². The highest BCUT2D eigenvalue weighted by Crippen LogP contribution is 2.37. The van der Waals surface area contributed by atoms with Gasteiger partial charge in [0.1, 0.15) is 0 Å². The van der Waals surface area contributed by atoms with Crippen LogP contribution in [-0.4, -0.2) is 10.2 Å². The van der Waals surface area contributed by atoms with E-state index < -0.39 is 0 Å². The van der Waals surface area contributed by atoms with Crippen molar-refractivity contribution in [3.63, 3.8) is 0 Å². The Morgan fingerprint density at radius 2 is 1.86 bits per heavy atom. The summed E-state index contributed by atoms with van der Waals surface area (Å²) in [6.07, 6.45) is 0. The number of nitrogens with one attached hydrogen (secondary N) is 1. The lowest BCUT2D eigenvalue weighted by atomic mass is 10.0. The van der Waals surface area contributed by atoms with Crippen molar-refractivity contribution >= 4 is 49.3 Å². The third-order valence-electron chi connectivity index (χ3n) is 3.12. The fourth-order valence-electron chi connectivity index (χ4n) is 2.15. The minimum atomic E-state index is 0.460. The molecule has 106 valence electrons. The topological polar surface area (TPSA) is 54.7 Å². The van der Waals surface area contributed by atoms with E-state index in [1.54, 1.807) is 0 Å². The number of nitrogens with zero attached hydrogens (tertiary/aromatic N) is 1. The molecule has 3 nitrogen and oxygen atoms in total. The molecule has 0 saturated heterocycles. The molecule has 0 saturated carbocycles. The van der Waals surface area contributed by atoms with Crippen molar-refractivity contribution in [3.05, 3.63) is 56.4 Å². The van der Waals surface area contributed by atoms with Crippen LogP contribution in [0, 0.1) is 0 Å². The van der Waals surface area contributed by atoms with Gasteiger partial charge in [-0.05, 0) is 45.8 Å². The van der Waals surface area contributed by atoms with Gasteiger partial charge in [-0.3, -0.25) is 5.10 Å². The van der Waals surface area contributed by atoms with Crippen LogP contribution in [0.2, 0.25) is 5.02 Å². The summed E-state index contributed by atoms with van der Waals surface area (Å²) >= 11 is 13.0. The van der Waals surface area contributed by atoms with E-state index >= 15 is 0 Å². The minimum Gasteiger partial charge on any atom is -0.382 e. The molecule has 6 heteroatoms. The summed E-state index contributed by atoms with van der Waals surface area (Å²) in [4.78, 5) is 0. The second kappa shape index (κ2) is 5.83. The van der Waals surface area contributed by atoms with E-state index in [4.69, 9.17) is 17.3 Å². The third kappa shape index (κ3) is 2.86. The van der Waals surface area contributed by atoms with Gasteiger partial charge in [0, 0.05) is 14.5 Å². The predicted octanol–water partition coefficient (Wildman–Crippen LogP) is 5.50. The largest absolute Gasteiger partial charge is 0.382 e. The Balaban J connectivity index is 2.19. The molecule has 0 unspecified atom stereocenters. The summed E-state index contributed by atoms with van der Waals surface area (Å²) in [6.45, 7) is 0. The molecule has 0 aliphatic carbocycles. The van der Waals surface area contributed by atoms with Gasteiger partial charge < -0.3 is 5.73 Å². The second-order valence-electron chi connectivity index (χ2n) is 4.50. The molecule has 3 N–H and O–H groups in total. The predicted molar refractivity (Wildman–Crippen MR) is 94.3 cm³/mol. The van der Waals surface area contributed by atoms with Crippen LogP contribution in [0.1, 0.15) is 0 Å². The first-order valence-corrected chi connectivity index (χ1v) is 8.08. The van der Waals surface area contributed by atoms with Crippen LogP contribution >= 0.6 is 43.5 Å². The summed E-state index contributed by atoms with van der Waals surface area (Å²) in [7, 11) is 0. The highest BCUT2D eigenvalue weighted by atomic mass is 79.9. The quantitative estimate of drug-likeness (QED) is 0.567. The summed E-state index contributed by atoms with van der Waals surface area (Å²) in [6, 6.07) is 13.7. The number of H-pyrrole nitrogens is 1. The zero-order valence-corrected chi connectivity index (χ0v) is 14.6. The maximum Gasteiger partial charge on any atom is 0.153 e. The van der Waals surface area contributed by atoms with Crippen molar-refractivity contribution in [3.8, 4) is 22.4 Å². The number of aromatic nitrogens is 2. The molecule has 0 aliphatic rings. The molecule has 0 fully saturated rings. The number of rotatable bonds is 2. The van der Waals surface area contributed by atoms with Gasteiger partial charge in [-0.25, -0.2) is 0 Å². The van der Waals surface area contributed by atoms with Crippen molar-refractivity contribution in [2.24, 2.45) is 0 Å². The van der Waals surface area contributed by atoms with Gasteiger partial charge in [0.25, 0.3) is 0 Å². The summed E-state index contributed by atoms with van der Waals surface area (Å²) in [5.41, 5.74) is 9.67. The maximum absolute atomic E-state index is 6.17. The van der Waals surface area contributed by atoms with E-state index in [-0.39, 0.29) is 0 Å². The van der Waals surface area contributed by atoms with Gasteiger partial charge in [0.15, 0.2) is 5.82 Å². The Morgan fingerprint density at radius 3 is 2.57 bits per heavy atom. The Kier molecular flexibility index (Phi) is 4.06. The van der Waals surface area contributed by atoms with Gasteiger partial charge in [-0.2, -0.15) is 5.10 Å². The van der Waals surface area contributed by atoms with E-state index in [2.05, 4.69) is 42.1 Å². The molecule has 0 aliphatic heterocycles. The molecule has 21 heavy (non-hydrogen) atoms. The molecule has 1 heterocycles. The molecule has 0 spiro atoms. The molecule has 0 amide bonds. The number of nitrogen functional groups attached to an aromatic ring is 1. The van der Waals surface area contributed by atoms with Gasteiger partial charge in [0.2, 0.25) is 0 Å². The molecule has 0 bridgehead atoms. The Labute approximate surface area is 143 Å². The molecule has 2 aromatic carbocycles. The summed E-state index contributed by atoms with van der Waals surface area (Å²) in [5, 5.41) is 7.76. The SMILES string of the molecule is Nc1n[nH]c(-c2ccc(Br)c(Cl)c2)c1-c1cccc(Br)c1. The molecule has 3 rings (SSSR count). The lowest BCUT2D eigenvalue weighted by Gasteiger charge is -2.06. The van der Waals surface area contributed by atoms with Gasteiger partial charge in [-0.1, -0.05) is 45.7 Å². The smallest absolute Gasteiger partial charge is 0.153 e. The van der Waals surface area contributed by atoms with Crippen LogP contribution in [0.3, 0.4) is 0 Å². The van der Waals surface area contributed by atoms with E-state index in [0.29, 0.717) is 10.8 Å². The molecular weight excluding hydrogens is 417 g/mol. The lowest BCUT2D eigenvalue weighted by Crippen LogP contribution is -1.89. The number of hydrogen-bond acceptors (Lipinski definition) is 2. The van der Waals surface area contributed by atoms with Crippen LogP contribution in [-0.2, 0) is 0 Å². The van der Waals surface area contributed by atoms with Crippen LogP contribution < -0.4 is 5.73 Å². The summed E-state index contributed by atoms with van der Waals surface area (Å²) in [5.74, 6) is 0.460. The van der Waals surface area contributed by atoms with E-state index in [9.17, 15) is 0 Å². The average Bonchev–Trinajstić information content (AvgIpc) is 2.84. The first-order valence-electron chi connectivity index (χ1n) is 6.11.